The molecule has 208 valence electrons. The number of benzene rings is 3. The molecule has 0 spiro atoms. The molecular weight excluding hydrogens is 534 g/mol. The largest absolute Gasteiger partial charge is 0.352 e. The molecule has 3 rings (SSSR count). The van der Waals surface area contributed by atoms with E-state index in [-0.39, 0.29) is 23.4 Å². The van der Waals surface area contributed by atoms with Gasteiger partial charge in [-0.3, -0.25) is 13.9 Å². The Morgan fingerprint density at radius 3 is 2.28 bits per heavy atom. The van der Waals surface area contributed by atoms with Crippen LogP contribution in [0.25, 0.3) is 0 Å². The summed E-state index contributed by atoms with van der Waals surface area (Å²) in [5.41, 5.74) is 2.79. The molecular formula is C30H36ClN3O4S. The summed E-state index contributed by atoms with van der Waals surface area (Å²) in [5, 5.41) is 3.28. The van der Waals surface area contributed by atoms with Crippen LogP contribution < -0.4 is 9.62 Å². The molecule has 0 aliphatic rings. The van der Waals surface area contributed by atoms with E-state index in [2.05, 4.69) is 5.32 Å². The predicted octanol–water partition coefficient (Wildman–Crippen LogP) is 5.48. The van der Waals surface area contributed by atoms with Crippen LogP contribution in [0.1, 0.15) is 43.9 Å². The molecule has 0 saturated carbocycles. The van der Waals surface area contributed by atoms with Crippen LogP contribution in [0.2, 0.25) is 5.02 Å². The summed E-state index contributed by atoms with van der Waals surface area (Å²) in [6.45, 7) is 8.86. The molecule has 0 fully saturated rings. The minimum Gasteiger partial charge on any atom is -0.352 e. The first-order chi connectivity index (χ1) is 18.4. The Labute approximate surface area is 236 Å². The number of nitrogens with zero attached hydrogens (tertiary/aromatic N) is 2. The quantitative estimate of drug-likeness (QED) is 0.331. The molecule has 0 aromatic heterocycles. The maximum atomic E-state index is 14.0. The van der Waals surface area contributed by atoms with E-state index in [4.69, 9.17) is 11.6 Å². The van der Waals surface area contributed by atoms with Crippen molar-refractivity contribution in [2.24, 2.45) is 0 Å². The highest BCUT2D eigenvalue weighted by atomic mass is 35.5. The lowest BCUT2D eigenvalue weighted by Crippen LogP contribution is -2.52. The first-order valence-electron chi connectivity index (χ1n) is 12.9. The Morgan fingerprint density at radius 1 is 0.949 bits per heavy atom. The molecule has 0 radical (unpaired) electrons. The summed E-state index contributed by atoms with van der Waals surface area (Å²) in [6.07, 6.45) is 0.738. The van der Waals surface area contributed by atoms with Crippen LogP contribution >= 0.6 is 11.6 Å². The molecule has 2 amide bonds. The topological polar surface area (TPSA) is 86.8 Å². The third-order valence-electron chi connectivity index (χ3n) is 6.65. The number of anilines is 1. The van der Waals surface area contributed by atoms with Crippen molar-refractivity contribution in [2.45, 2.75) is 64.6 Å². The van der Waals surface area contributed by atoms with E-state index in [1.54, 1.807) is 44.2 Å². The van der Waals surface area contributed by atoms with Gasteiger partial charge in [-0.05, 0) is 69.5 Å². The molecule has 0 aliphatic heterocycles. The molecule has 7 nitrogen and oxygen atoms in total. The summed E-state index contributed by atoms with van der Waals surface area (Å²) >= 11 is 6.26. The first kappa shape index (κ1) is 30.2. The summed E-state index contributed by atoms with van der Waals surface area (Å²) in [4.78, 5) is 28.6. The lowest BCUT2D eigenvalue weighted by molar-refractivity contribution is -0.139. The normalized spacial score (nSPS) is 12.9. The molecule has 3 aromatic rings. The van der Waals surface area contributed by atoms with E-state index in [9.17, 15) is 18.0 Å². The van der Waals surface area contributed by atoms with Gasteiger partial charge in [-0.25, -0.2) is 8.42 Å². The van der Waals surface area contributed by atoms with Gasteiger partial charge in [0.05, 0.1) is 10.6 Å². The fraction of sp³-hybridized carbons (Fsp3) is 0.333. The maximum Gasteiger partial charge on any atom is 0.264 e. The van der Waals surface area contributed by atoms with Crippen LogP contribution in [0.4, 0.5) is 5.69 Å². The Balaban J connectivity index is 2.06. The Kier molecular flexibility index (Phi) is 10.2. The number of nitrogens with one attached hydrogen (secondary N) is 1. The summed E-state index contributed by atoms with van der Waals surface area (Å²) in [6, 6.07) is 19.6. The van der Waals surface area contributed by atoms with Gasteiger partial charge in [0.15, 0.2) is 0 Å². The number of aryl methyl sites for hydroxylation is 2. The number of sulfonamides is 1. The van der Waals surface area contributed by atoms with Crippen molar-refractivity contribution in [3.8, 4) is 0 Å². The van der Waals surface area contributed by atoms with Crippen LogP contribution in [0.3, 0.4) is 0 Å². The van der Waals surface area contributed by atoms with E-state index < -0.39 is 28.5 Å². The minimum atomic E-state index is -4.14. The molecule has 0 bridgehead atoms. The second-order valence-corrected chi connectivity index (χ2v) is 12.1. The molecule has 1 N–H and O–H groups in total. The third kappa shape index (κ3) is 7.61. The minimum absolute atomic E-state index is 0.0463. The van der Waals surface area contributed by atoms with Crippen LogP contribution in [0, 0.1) is 13.8 Å². The maximum absolute atomic E-state index is 14.0. The number of hydrogen-bond acceptors (Lipinski definition) is 4. The van der Waals surface area contributed by atoms with Gasteiger partial charge < -0.3 is 10.2 Å². The monoisotopic (exact) mass is 569 g/mol. The van der Waals surface area contributed by atoms with E-state index in [0.29, 0.717) is 16.3 Å². The van der Waals surface area contributed by atoms with Crippen molar-refractivity contribution in [3.05, 3.63) is 94.5 Å². The van der Waals surface area contributed by atoms with E-state index in [0.717, 1.165) is 21.9 Å². The van der Waals surface area contributed by atoms with Crippen LogP contribution in [0.15, 0.2) is 77.7 Å². The third-order valence-corrected chi connectivity index (χ3v) is 8.66. The van der Waals surface area contributed by atoms with E-state index in [1.165, 1.54) is 23.1 Å². The molecule has 0 heterocycles. The second-order valence-electron chi connectivity index (χ2n) is 9.76. The van der Waals surface area contributed by atoms with Gasteiger partial charge in [0.2, 0.25) is 11.8 Å². The summed E-state index contributed by atoms with van der Waals surface area (Å²) < 4.78 is 28.8. The fourth-order valence-electron chi connectivity index (χ4n) is 4.14. The Bertz CT molecular complexity index is 1410. The lowest BCUT2D eigenvalue weighted by Gasteiger charge is -2.33. The number of carbonyl (C=O) groups is 2. The fourth-order valence-corrected chi connectivity index (χ4v) is 5.80. The van der Waals surface area contributed by atoms with Gasteiger partial charge in [-0.15, -0.1) is 0 Å². The van der Waals surface area contributed by atoms with Crippen molar-refractivity contribution in [2.75, 3.05) is 10.8 Å². The summed E-state index contributed by atoms with van der Waals surface area (Å²) in [7, 11) is -4.14. The highest BCUT2D eigenvalue weighted by molar-refractivity contribution is 7.92. The van der Waals surface area contributed by atoms with Crippen molar-refractivity contribution in [1.82, 2.24) is 10.2 Å². The van der Waals surface area contributed by atoms with Crippen molar-refractivity contribution >= 4 is 39.1 Å². The second kappa shape index (κ2) is 13.1. The standard InChI is InChI=1S/C30H36ClN3O4S/c1-6-23(4)32-30(36)24(5)33(19-25-12-10-11-21(2)17-25)29(35)20-34(28-18-26(31)16-15-22(28)3)39(37,38)27-13-8-7-9-14-27/h7-18,23-24H,6,19-20H2,1-5H3,(H,32,36)/t23-,24-/m1/s1. The molecule has 3 aromatic carbocycles. The Hall–Kier alpha value is -3.36. The molecule has 0 saturated heterocycles. The van der Waals surface area contributed by atoms with Gasteiger partial charge in [-0.2, -0.15) is 0 Å². The van der Waals surface area contributed by atoms with E-state index in [1.807, 2.05) is 45.0 Å². The van der Waals surface area contributed by atoms with Crippen LogP contribution in [-0.2, 0) is 26.2 Å². The zero-order chi connectivity index (χ0) is 28.7. The predicted molar refractivity (Wildman–Crippen MR) is 156 cm³/mol. The van der Waals surface area contributed by atoms with Crippen LogP contribution in [0.5, 0.6) is 0 Å². The molecule has 2 atom stereocenters. The average Bonchev–Trinajstić information content (AvgIpc) is 2.91. The highest BCUT2D eigenvalue weighted by Crippen LogP contribution is 2.30. The smallest absolute Gasteiger partial charge is 0.264 e. The lowest BCUT2D eigenvalue weighted by atomic mass is 10.1. The number of hydrogen-bond donors (Lipinski definition) is 1. The summed E-state index contributed by atoms with van der Waals surface area (Å²) in [5.74, 6) is -0.816. The number of carbonyl (C=O) groups excluding carboxylic acids is 2. The zero-order valence-electron chi connectivity index (χ0n) is 23.0. The molecule has 0 aliphatic carbocycles. The Morgan fingerprint density at radius 2 is 1.64 bits per heavy atom. The van der Waals surface area contributed by atoms with Gasteiger partial charge in [-0.1, -0.05) is 72.6 Å². The van der Waals surface area contributed by atoms with Crippen molar-refractivity contribution in [3.63, 3.8) is 0 Å². The van der Waals surface area contributed by atoms with Gasteiger partial charge in [0.25, 0.3) is 10.0 Å². The van der Waals surface area contributed by atoms with E-state index >= 15 is 0 Å². The molecule has 39 heavy (non-hydrogen) atoms. The van der Waals surface area contributed by atoms with Crippen molar-refractivity contribution < 1.29 is 18.0 Å². The van der Waals surface area contributed by atoms with Crippen molar-refractivity contribution in [1.29, 1.82) is 0 Å². The number of halogens is 1. The van der Waals surface area contributed by atoms with Gasteiger partial charge in [0, 0.05) is 17.6 Å². The SMILES string of the molecule is CC[C@@H](C)NC(=O)[C@@H](C)N(Cc1cccc(C)c1)C(=O)CN(c1cc(Cl)ccc1C)S(=O)(=O)c1ccccc1. The van der Waals surface area contributed by atoms with Gasteiger partial charge in [0.1, 0.15) is 12.6 Å². The zero-order valence-corrected chi connectivity index (χ0v) is 24.6. The number of amides is 2. The average molecular weight is 570 g/mol. The highest BCUT2D eigenvalue weighted by Gasteiger charge is 2.33. The molecule has 9 heteroatoms. The van der Waals surface area contributed by atoms with Crippen LogP contribution in [-0.4, -0.2) is 43.8 Å². The molecule has 0 unspecified atom stereocenters. The first-order valence-corrected chi connectivity index (χ1v) is 14.7. The number of rotatable bonds is 11. The van der Waals surface area contributed by atoms with Gasteiger partial charge >= 0.3 is 0 Å².